The molecule has 0 radical (unpaired) electrons. The molecule has 0 saturated heterocycles. The van der Waals surface area contributed by atoms with Crippen molar-refractivity contribution in [2.24, 2.45) is 11.8 Å². The second-order valence-corrected chi connectivity index (χ2v) is 4.39. The molecule has 0 amide bonds. The fourth-order valence-electron chi connectivity index (χ4n) is 1.86. The predicted octanol–water partition coefficient (Wildman–Crippen LogP) is 1.06. The Labute approximate surface area is 104 Å². The van der Waals surface area contributed by atoms with Crippen LogP contribution in [-0.2, 0) is 0 Å². The van der Waals surface area contributed by atoms with Crippen LogP contribution in [0.15, 0.2) is 18.2 Å². The molecule has 1 atom stereocenters. The Kier molecular flexibility index (Phi) is 3.63. The number of nitrogen functional groups attached to an aromatic ring is 1. The SMILES string of the molecule is NNc1cccc(NCC(O)C2CC2)c1[N+](=O)[O-]. The zero-order chi connectivity index (χ0) is 13.1. The molecule has 7 nitrogen and oxygen atoms in total. The molecular formula is C11H16N4O3. The Balaban J connectivity index is 2.12. The quantitative estimate of drug-likeness (QED) is 0.342. The van der Waals surface area contributed by atoms with E-state index in [1.165, 1.54) is 6.07 Å². The maximum absolute atomic E-state index is 11.0. The van der Waals surface area contributed by atoms with E-state index >= 15 is 0 Å². The first-order valence-corrected chi connectivity index (χ1v) is 5.79. The number of benzene rings is 1. The fraction of sp³-hybridized carbons (Fsp3) is 0.455. The maximum atomic E-state index is 11.0. The molecule has 7 heteroatoms. The molecule has 1 aromatic rings. The zero-order valence-corrected chi connectivity index (χ0v) is 9.80. The molecule has 1 aromatic carbocycles. The molecule has 0 aromatic heterocycles. The van der Waals surface area contributed by atoms with Crippen molar-refractivity contribution in [2.45, 2.75) is 18.9 Å². The summed E-state index contributed by atoms with van der Waals surface area (Å²) in [5.41, 5.74) is 2.79. The van der Waals surface area contributed by atoms with Gasteiger partial charge in [-0.2, -0.15) is 0 Å². The molecule has 1 aliphatic carbocycles. The van der Waals surface area contributed by atoms with Crippen molar-refractivity contribution in [1.82, 2.24) is 0 Å². The molecule has 2 rings (SSSR count). The number of hydrogen-bond donors (Lipinski definition) is 4. The van der Waals surface area contributed by atoms with E-state index in [0.717, 1.165) is 12.8 Å². The summed E-state index contributed by atoms with van der Waals surface area (Å²) < 4.78 is 0. The van der Waals surface area contributed by atoms with Gasteiger partial charge in [0, 0.05) is 6.54 Å². The van der Waals surface area contributed by atoms with Gasteiger partial charge in [0.1, 0.15) is 11.4 Å². The highest BCUT2D eigenvalue weighted by Crippen LogP contribution is 2.34. The van der Waals surface area contributed by atoms with Crippen LogP contribution in [0.1, 0.15) is 12.8 Å². The summed E-state index contributed by atoms with van der Waals surface area (Å²) in [4.78, 5) is 10.5. The molecule has 1 saturated carbocycles. The number of hydrazine groups is 1. The minimum atomic E-state index is -0.499. The Bertz CT molecular complexity index is 448. The summed E-state index contributed by atoms with van der Waals surface area (Å²) in [6, 6.07) is 4.78. The van der Waals surface area contributed by atoms with Gasteiger partial charge in [-0.1, -0.05) is 6.07 Å². The first kappa shape index (κ1) is 12.6. The number of nitrogens with two attached hydrogens (primary N) is 1. The van der Waals surface area contributed by atoms with Gasteiger partial charge in [0.2, 0.25) is 0 Å². The molecule has 1 fully saturated rings. The van der Waals surface area contributed by atoms with Gasteiger partial charge >= 0.3 is 5.69 Å². The first-order chi connectivity index (χ1) is 8.63. The largest absolute Gasteiger partial charge is 0.391 e. The van der Waals surface area contributed by atoms with Crippen LogP contribution in [-0.4, -0.2) is 22.7 Å². The van der Waals surface area contributed by atoms with Crippen molar-refractivity contribution in [3.63, 3.8) is 0 Å². The molecule has 5 N–H and O–H groups in total. The summed E-state index contributed by atoms with van der Waals surface area (Å²) in [6.07, 6.45) is 1.59. The van der Waals surface area contributed by atoms with E-state index in [9.17, 15) is 15.2 Å². The van der Waals surface area contributed by atoms with Crippen LogP contribution in [0.3, 0.4) is 0 Å². The van der Waals surface area contributed by atoms with Crippen LogP contribution in [0.5, 0.6) is 0 Å². The van der Waals surface area contributed by atoms with Gasteiger partial charge in [-0.25, -0.2) is 0 Å². The normalized spacial score (nSPS) is 16.1. The number of nitrogens with one attached hydrogen (secondary N) is 2. The van der Waals surface area contributed by atoms with E-state index < -0.39 is 11.0 Å². The summed E-state index contributed by atoms with van der Waals surface area (Å²) in [5, 5.41) is 23.6. The smallest absolute Gasteiger partial charge is 0.316 e. The Morgan fingerprint density at radius 3 is 2.72 bits per heavy atom. The standard InChI is InChI=1S/C11H16N4O3/c12-14-9-3-1-2-8(11(9)15(17)18)13-6-10(16)7-4-5-7/h1-3,7,10,13-14,16H,4-6,12H2. The number of hydrogen-bond acceptors (Lipinski definition) is 6. The molecule has 0 spiro atoms. The molecule has 18 heavy (non-hydrogen) atoms. The van der Waals surface area contributed by atoms with E-state index in [1.807, 2.05) is 0 Å². The average Bonchev–Trinajstić information content (AvgIpc) is 3.19. The molecule has 0 aliphatic heterocycles. The molecule has 1 aliphatic rings. The summed E-state index contributed by atoms with van der Waals surface area (Å²) in [5.74, 6) is 5.57. The Morgan fingerprint density at radius 1 is 1.50 bits per heavy atom. The molecule has 0 heterocycles. The van der Waals surface area contributed by atoms with Crippen LogP contribution >= 0.6 is 0 Å². The minimum Gasteiger partial charge on any atom is -0.391 e. The molecule has 0 bridgehead atoms. The lowest BCUT2D eigenvalue weighted by Crippen LogP contribution is -2.22. The number of nitrogens with zero attached hydrogens (tertiary/aromatic N) is 1. The second kappa shape index (κ2) is 5.19. The van der Waals surface area contributed by atoms with Gasteiger partial charge in [-0.15, -0.1) is 0 Å². The van der Waals surface area contributed by atoms with Gasteiger partial charge in [-0.3, -0.25) is 16.0 Å². The van der Waals surface area contributed by atoms with E-state index in [4.69, 9.17) is 5.84 Å². The van der Waals surface area contributed by atoms with Gasteiger partial charge in [0.05, 0.1) is 11.0 Å². The van der Waals surface area contributed by atoms with Gasteiger partial charge in [-0.05, 0) is 30.9 Å². The third-order valence-corrected chi connectivity index (χ3v) is 3.04. The lowest BCUT2D eigenvalue weighted by Gasteiger charge is -2.13. The highest BCUT2D eigenvalue weighted by Gasteiger charge is 2.30. The number of aliphatic hydroxyl groups excluding tert-OH is 1. The summed E-state index contributed by atoms with van der Waals surface area (Å²) in [7, 11) is 0. The minimum absolute atomic E-state index is 0.108. The van der Waals surface area contributed by atoms with Crippen molar-refractivity contribution in [3.05, 3.63) is 28.3 Å². The second-order valence-electron chi connectivity index (χ2n) is 4.39. The topological polar surface area (TPSA) is 113 Å². The fourth-order valence-corrected chi connectivity index (χ4v) is 1.86. The number of para-hydroxylation sites is 1. The highest BCUT2D eigenvalue weighted by atomic mass is 16.6. The number of nitro benzene ring substituents is 1. The van der Waals surface area contributed by atoms with Crippen LogP contribution in [0.25, 0.3) is 0 Å². The van der Waals surface area contributed by atoms with Crippen LogP contribution in [0.2, 0.25) is 0 Å². The lowest BCUT2D eigenvalue weighted by atomic mass is 10.2. The summed E-state index contributed by atoms with van der Waals surface area (Å²) in [6.45, 7) is 0.305. The number of nitro groups is 1. The Morgan fingerprint density at radius 2 is 2.17 bits per heavy atom. The molecule has 1 unspecified atom stereocenters. The maximum Gasteiger partial charge on any atom is 0.316 e. The first-order valence-electron chi connectivity index (χ1n) is 5.79. The lowest BCUT2D eigenvalue weighted by molar-refractivity contribution is -0.383. The average molecular weight is 252 g/mol. The van der Waals surface area contributed by atoms with E-state index in [1.54, 1.807) is 12.1 Å². The van der Waals surface area contributed by atoms with Crippen molar-refractivity contribution in [1.29, 1.82) is 0 Å². The van der Waals surface area contributed by atoms with Crippen LogP contribution in [0.4, 0.5) is 17.1 Å². The monoisotopic (exact) mass is 252 g/mol. The third kappa shape index (κ3) is 2.69. The van der Waals surface area contributed by atoms with Crippen LogP contribution in [0, 0.1) is 16.0 Å². The number of anilines is 2. The Hall–Kier alpha value is -1.86. The van der Waals surface area contributed by atoms with Crippen molar-refractivity contribution in [3.8, 4) is 0 Å². The summed E-state index contributed by atoms with van der Waals surface area (Å²) >= 11 is 0. The molecule has 98 valence electrons. The number of rotatable bonds is 6. The highest BCUT2D eigenvalue weighted by molar-refractivity contribution is 5.75. The van der Waals surface area contributed by atoms with Gasteiger partial charge < -0.3 is 15.8 Å². The van der Waals surface area contributed by atoms with Crippen molar-refractivity contribution >= 4 is 17.1 Å². The zero-order valence-electron chi connectivity index (χ0n) is 9.80. The van der Waals surface area contributed by atoms with Crippen molar-refractivity contribution in [2.75, 3.05) is 17.3 Å². The van der Waals surface area contributed by atoms with Gasteiger partial charge in [0.25, 0.3) is 0 Å². The van der Waals surface area contributed by atoms with E-state index in [-0.39, 0.29) is 11.4 Å². The predicted molar refractivity (Wildman–Crippen MR) is 68.1 cm³/mol. The van der Waals surface area contributed by atoms with Crippen molar-refractivity contribution < 1.29 is 10.0 Å². The van der Waals surface area contributed by atoms with Crippen LogP contribution < -0.4 is 16.6 Å². The van der Waals surface area contributed by atoms with Gasteiger partial charge in [0.15, 0.2) is 0 Å². The van der Waals surface area contributed by atoms with E-state index in [0.29, 0.717) is 18.2 Å². The number of aliphatic hydroxyl groups is 1. The van der Waals surface area contributed by atoms with E-state index in [2.05, 4.69) is 10.7 Å². The third-order valence-electron chi connectivity index (χ3n) is 3.04. The molecular weight excluding hydrogens is 236 g/mol.